The quantitative estimate of drug-likeness (QED) is 0.774. The van der Waals surface area contributed by atoms with Gasteiger partial charge in [0.1, 0.15) is 5.82 Å². The van der Waals surface area contributed by atoms with Crippen LogP contribution in [0.3, 0.4) is 0 Å². The minimum Gasteiger partial charge on any atom is -0.329 e. The maximum atomic E-state index is 13.5. The van der Waals surface area contributed by atoms with Gasteiger partial charge < -0.3 is 11.1 Å². The number of rotatable bonds is 5. The summed E-state index contributed by atoms with van der Waals surface area (Å²) in [5, 5.41) is 3.32. The van der Waals surface area contributed by atoms with Crippen molar-refractivity contribution in [2.45, 2.75) is 18.9 Å². The molecule has 1 aromatic rings. The lowest BCUT2D eigenvalue weighted by atomic mass is 10.1. The van der Waals surface area contributed by atoms with Crippen molar-refractivity contribution in [2.75, 3.05) is 13.1 Å². The zero-order chi connectivity index (χ0) is 10.7. The molecule has 2 rings (SSSR count). The van der Waals surface area contributed by atoms with Crippen molar-refractivity contribution in [2.24, 2.45) is 11.7 Å². The Morgan fingerprint density at radius 1 is 1.40 bits per heavy atom. The first-order valence-corrected chi connectivity index (χ1v) is 5.49. The van der Waals surface area contributed by atoms with E-state index in [0.717, 1.165) is 12.5 Å². The monoisotopic (exact) mass is 208 g/mol. The summed E-state index contributed by atoms with van der Waals surface area (Å²) in [6.07, 6.45) is 2.59. The van der Waals surface area contributed by atoms with Crippen LogP contribution in [-0.4, -0.2) is 13.1 Å². The SMILES string of the molecule is NCC(NCC1CC1)c1ccccc1F. The molecule has 0 amide bonds. The van der Waals surface area contributed by atoms with Crippen LogP contribution >= 0.6 is 0 Å². The fourth-order valence-electron chi connectivity index (χ4n) is 1.71. The topological polar surface area (TPSA) is 38.0 Å². The molecule has 1 saturated carbocycles. The first-order chi connectivity index (χ1) is 7.31. The molecule has 1 aliphatic carbocycles. The van der Waals surface area contributed by atoms with Crippen LogP contribution in [0.25, 0.3) is 0 Å². The van der Waals surface area contributed by atoms with E-state index in [9.17, 15) is 4.39 Å². The first kappa shape index (κ1) is 10.6. The summed E-state index contributed by atoms with van der Waals surface area (Å²) in [4.78, 5) is 0. The van der Waals surface area contributed by atoms with E-state index in [0.29, 0.717) is 12.1 Å². The summed E-state index contributed by atoms with van der Waals surface area (Å²) in [6.45, 7) is 1.39. The highest BCUT2D eigenvalue weighted by Gasteiger charge is 2.22. The molecule has 82 valence electrons. The average molecular weight is 208 g/mol. The lowest BCUT2D eigenvalue weighted by Crippen LogP contribution is -2.30. The predicted molar refractivity (Wildman–Crippen MR) is 58.9 cm³/mol. The number of nitrogens with one attached hydrogen (secondary N) is 1. The maximum Gasteiger partial charge on any atom is 0.128 e. The molecule has 3 heteroatoms. The minimum atomic E-state index is -0.170. The van der Waals surface area contributed by atoms with Crippen molar-refractivity contribution in [3.63, 3.8) is 0 Å². The van der Waals surface area contributed by atoms with Gasteiger partial charge in [0.2, 0.25) is 0 Å². The summed E-state index contributed by atoms with van der Waals surface area (Å²) >= 11 is 0. The Labute approximate surface area is 89.7 Å². The number of benzene rings is 1. The summed E-state index contributed by atoms with van der Waals surface area (Å²) < 4.78 is 13.5. The van der Waals surface area contributed by atoms with Crippen LogP contribution in [0.2, 0.25) is 0 Å². The summed E-state index contributed by atoms with van der Waals surface area (Å²) in [6, 6.07) is 6.78. The molecule has 0 spiro atoms. The van der Waals surface area contributed by atoms with Crippen LogP contribution < -0.4 is 11.1 Å². The number of hydrogen-bond acceptors (Lipinski definition) is 2. The van der Waals surface area contributed by atoms with Crippen LogP contribution in [-0.2, 0) is 0 Å². The smallest absolute Gasteiger partial charge is 0.128 e. The third-order valence-electron chi connectivity index (χ3n) is 2.87. The normalized spacial score (nSPS) is 17.7. The van der Waals surface area contributed by atoms with Crippen LogP contribution in [0.15, 0.2) is 24.3 Å². The Morgan fingerprint density at radius 3 is 2.73 bits per heavy atom. The van der Waals surface area contributed by atoms with Gasteiger partial charge in [0.25, 0.3) is 0 Å². The van der Waals surface area contributed by atoms with Gasteiger partial charge in [0.15, 0.2) is 0 Å². The number of halogens is 1. The van der Waals surface area contributed by atoms with Crippen LogP contribution in [0, 0.1) is 11.7 Å². The van der Waals surface area contributed by atoms with E-state index in [2.05, 4.69) is 5.32 Å². The van der Waals surface area contributed by atoms with Crippen molar-refractivity contribution in [3.8, 4) is 0 Å². The van der Waals surface area contributed by atoms with E-state index < -0.39 is 0 Å². The Balaban J connectivity index is 2.00. The highest BCUT2D eigenvalue weighted by molar-refractivity contribution is 5.21. The van der Waals surface area contributed by atoms with Gasteiger partial charge in [-0.2, -0.15) is 0 Å². The van der Waals surface area contributed by atoms with Crippen LogP contribution in [0.4, 0.5) is 4.39 Å². The Morgan fingerprint density at radius 2 is 2.13 bits per heavy atom. The van der Waals surface area contributed by atoms with E-state index in [1.165, 1.54) is 18.9 Å². The van der Waals surface area contributed by atoms with Gasteiger partial charge in [0, 0.05) is 18.2 Å². The van der Waals surface area contributed by atoms with E-state index in [1.807, 2.05) is 6.07 Å². The van der Waals surface area contributed by atoms with E-state index >= 15 is 0 Å². The standard InChI is InChI=1S/C12H17FN2/c13-11-4-2-1-3-10(11)12(7-14)15-8-9-5-6-9/h1-4,9,12,15H,5-8,14H2. The van der Waals surface area contributed by atoms with Gasteiger partial charge in [-0.05, 0) is 31.4 Å². The molecule has 0 aromatic heterocycles. The van der Waals surface area contributed by atoms with Crippen LogP contribution in [0.5, 0.6) is 0 Å². The number of nitrogens with two attached hydrogens (primary N) is 1. The van der Waals surface area contributed by atoms with Gasteiger partial charge in [-0.15, -0.1) is 0 Å². The molecule has 1 atom stereocenters. The largest absolute Gasteiger partial charge is 0.329 e. The highest BCUT2D eigenvalue weighted by atomic mass is 19.1. The molecule has 1 aliphatic rings. The van der Waals surface area contributed by atoms with Gasteiger partial charge in [-0.1, -0.05) is 18.2 Å². The predicted octanol–water partition coefficient (Wildman–Crippen LogP) is 1.83. The van der Waals surface area contributed by atoms with Crippen molar-refractivity contribution < 1.29 is 4.39 Å². The van der Waals surface area contributed by atoms with Crippen molar-refractivity contribution in [3.05, 3.63) is 35.6 Å². The van der Waals surface area contributed by atoms with Crippen LogP contribution in [0.1, 0.15) is 24.4 Å². The van der Waals surface area contributed by atoms with Gasteiger partial charge in [0.05, 0.1) is 0 Å². The molecule has 0 aliphatic heterocycles. The molecule has 0 heterocycles. The fraction of sp³-hybridized carbons (Fsp3) is 0.500. The molecule has 0 radical (unpaired) electrons. The van der Waals surface area contributed by atoms with E-state index in [4.69, 9.17) is 5.73 Å². The Bertz CT molecular complexity index is 323. The molecule has 1 unspecified atom stereocenters. The zero-order valence-electron chi connectivity index (χ0n) is 8.75. The lowest BCUT2D eigenvalue weighted by Gasteiger charge is -2.17. The molecule has 0 bridgehead atoms. The maximum absolute atomic E-state index is 13.5. The van der Waals surface area contributed by atoms with Gasteiger partial charge in [-0.25, -0.2) is 4.39 Å². The zero-order valence-corrected chi connectivity index (χ0v) is 8.75. The van der Waals surface area contributed by atoms with Crippen molar-refractivity contribution in [1.82, 2.24) is 5.32 Å². The van der Waals surface area contributed by atoms with Gasteiger partial charge in [-0.3, -0.25) is 0 Å². The Kier molecular flexibility index (Phi) is 3.34. The van der Waals surface area contributed by atoms with E-state index in [-0.39, 0.29) is 11.9 Å². The van der Waals surface area contributed by atoms with Gasteiger partial charge >= 0.3 is 0 Å². The molecule has 0 saturated heterocycles. The third-order valence-corrected chi connectivity index (χ3v) is 2.87. The molecule has 1 fully saturated rings. The highest BCUT2D eigenvalue weighted by Crippen LogP contribution is 2.28. The molecular weight excluding hydrogens is 191 g/mol. The summed E-state index contributed by atoms with van der Waals surface area (Å²) in [7, 11) is 0. The van der Waals surface area contributed by atoms with Crippen molar-refractivity contribution >= 4 is 0 Å². The summed E-state index contributed by atoms with van der Waals surface area (Å²) in [5.74, 6) is 0.613. The molecule has 1 aromatic carbocycles. The molecule has 2 nitrogen and oxygen atoms in total. The molecular formula is C12H17FN2. The lowest BCUT2D eigenvalue weighted by molar-refractivity contribution is 0.494. The minimum absolute atomic E-state index is 0.0493. The second-order valence-corrected chi connectivity index (χ2v) is 4.16. The molecule has 3 N–H and O–H groups in total. The average Bonchev–Trinajstić information content (AvgIpc) is 3.05. The molecule has 15 heavy (non-hydrogen) atoms. The fourth-order valence-corrected chi connectivity index (χ4v) is 1.71. The number of hydrogen-bond donors (Lipinski definition) is 2. The van der Waals surface area contributed by atoms with Crippen molar-refractivity contribution in [1.29, 1.82) is 0 Å². The second kappa shape index (κ2) is 4.73. The third kappa shape index (κ3) is 2.76. The van der Waals surface area contributed by atoms with E-state index in [1.54, 1.807) is 12.1 Å². The first-order valence-electron chi connectivity index (χ1n) is 5.49. The Hall–Kier alpha value is -0.930. The second-order valence-electron chi connectivity index (χ2n) is 4.16. The summed E-state index contributed by atoms with van der Waals surface area (Å²) in [5.41, 5.74) is 6.33.